The lowest BCUT2D eigenvalue weighted by molar-refractivity contribution is -0.126. The molecule has 2 heterocycles. The lowest BCUT2D eigenvalue weighted by Gasteiger charge is -2.32. The van der Waals surface area contributed by atoms with Gasteiger partial charge in [-0.1, -0.05) is 30.3 Å². The minimum absolute atomic E-state index is 0.00947. The molecule has 0 bridgehead atoms. The van der Waals surface area contributed by atoms with E-state index in [1.54, 1.807) is 30.3 Å². The zero-order valence-electron chi connectivity index (χ0n) is 20.3. The second kappa shape index (κ2) is 11.8. The summed E-state index contributed by atoms with van der Waals surface area (Å²) in [6.07, 6.45) is 2.76. The number of halogens is 1. The van der Waals surface area contributed by atoms with Gasteiger partial charge in [0, 0.05) is 16.8 Å². The summed E-state index contributed by atoms with van der Waals surface area (Å²) in [6.45, 7) is 0.807. The Bertz CT molecular complexity index is 1430. The van der Waals surface area contributed by atoms with Crippen molar-refractivity contribution in [1.29, 1.82) is 0 Å². The molecule has 3 amide bonds. The fourth-order valence-electron chi connectivity index (χ4n) is 3.83. The summed E-state index contributed by atoms with van der Waals surface area (Å²) < 4.78 is 25.4. The van der Waals surface area contributed by atoms with Crippen LogP contribution in [0.4, 0.5) is 10.1 Å². The predicted octanol–water partition coefficient (Wildman–Crippen LogP) is 4.04. The number of amides is 3. The van der Waals surface area contributed by atoms with Gasteiger partial charge in [0.2, 0.25) is 11.8 Å². The summed E-state index contributed by atoms with van der Waals surface area (Å²) in [7, 11) is 0. The maximum atomic E-state index is 15.1. The van der Waals surface area contributed by atoms with Crippen molar-refractivity contribution in [1.82, 2.24) is 10.6 Å². The summed E-state index contributed by atoms with van der Waals surface area (Å²) in [5.41, 5.74) is 0.364. The molecule has 194 valence electrons. The average molecular weight is 518 g/mol. The zero-order valence-corrected chi connectivity index (χ0v) is 20.3. The molecule has 4 aromatic rings. The Labute approximate surface area is 217 Å². The molecule has 2 aromatic heterocycles. The number of hydrogen-bond donors (Lipinski definition) is 2. The molecule has 0 fully saturated rings. The van der Waals surface area contributed by atoms with Crippen LogP contribution in [-0.2, 0) is 16.1 Å². The number of carbonyl (C=O) groups excluding carboxylic acids is 4. The summed E-state index contributed by atoms with van der Waals surface area (Å²) in [5.74, 6) is -2.62. The third-order valence-corrected chi connectivity index (χ3v) is 5.67. The first-order chi connectivity index (χ1) is 18.3. The van der Waals surface area contributed by atoms with Crippen molar-refractivity contribution in [3.8, 4) is 0 Å². The zero-order chi connectivity index (χ0) is 27.1. The van der Waals surface area contributed by atoms with E-state index in [0.717, 1.165) is 4.90 Å². The van der Waals surface area contributed by atoms with Crippen LogP contribution in [-0.4, -0.2) is 30.0 Å². The van der Waals surface area contributed by atoms with Crippen LogP contribution in [0.25, 0.3) is 0 Å². The number of ketones is 1. The minimum atomic E-state index is -1.48. The van der Waals surface area contributed by atoms with Gasteiger partial charge >= 0.3 is 0 Å². The van der Waals surface area contributed by atoms with Gasteiger partial charge in [0.05, 0.1) is 25.6 Å². The van der Waals surface area contributed by atoms with Gasteiger partial charge in [-0.2, -0.15) is 0 Å². The van der Waals surface area contributed by atoms with E-state index in [1.165, 1.54) is 61.9 Å². The van der Waals surface area contributed by atoms with Crippen molar-refractivity contribution in [3.63, 3.8) is 0 Å². The van der Waals surface area contributed by atoms with Gasteiger partial charge in [-0.25, -0.2) is 4.39 Å². The van der Waals surface area contributed by atoms with Crippen LogP contribution >= 0.6 is 0 Å². The molecule has 0 saturated carbocycles. The molecule has 0 aliphatic carbocycles. The first kappa shape index (κ1) is 26.1. The molecule has 1 unspecified atom stereocenters. The predicted molar refractivity (Wildman–Crippen MR) is 135 cm³/mol. The summed E-state index contributed by atoms with van der Waals surface area (Å²) in [6, 6.07) is 16.4. The molecule has 2 N–H and O–H groups in total. The largest absolute Gasteiger partial charge is 0.467 e. The number of nitrogens with one attached hydrogen (secondary N) is 2. The molecule has 0 radical (unpaired) electrons. The normalized spacial score (nSPS) is 11.4. The highest BCUT2D eigenvalue weighted by Crippen LogP contribution is 2.30. The number of anilines is 1. The highest BCUT2D eigenvalue weighted by Gasteiger charge is 2.35. The Morgan fingerprint density at radius 2 is 1.66 bits per heavy atom. The summed E-state index contributed by atoms with van der Waals surface area (Å²) in [4.78, 5) is 52.8. The van der Waals surface area contributed by atoms with Gasteiger partial charge < -0.3 is 19.5 Å². The van der Waals surface area contributed by atoms with Gasteiger partial charge in [-0.15, -0.1) is 0 Å². The smallest absolute Gasteiger partial charge is 0.287 e. The molecule has 9 nitrogen and oxygen atoms in total. The fourth-order valence-corrected chi connectivity index (χ4v) is 3.83. The maximum absolute atomic E-state index is 15.1. The van der Waals surface area contributed by atoms with Crippen LogP contribution in [0.3, 0.4) is 0 Å². The molecule has 4 rings (SSSR count). The third kappa shape index (κ3) is 6.04. The number of benzene rings is 2. The lowest BCUT2D eigenvalue weighted by Crippen LogP contribution is -2.47. The van der Waals surface area contributed by atoms with Crippen molar-refractivity contribution < 1.29 is 32.4 Å². The van der Waals surface area contributed by atoms with Crippen LogP contribution in [0.5, 0.6) is 0 Å². The molecule has 0 aliphatic heterocycles. The molecule has 2 aromatic carbocycles. The molecule has 10 heteroatoms. The van der Waals surface area contributed by atoms with E-state index in [-0.39, 0.29) is 34.9 Å². The van der Waals surface area contributed by atoms with E-state index < -0.39 is 36.1 Å². The first-order valence-electron chi connectivity index (χ1n) is 11.6. The Balaban J connectivity index is 1.73. The number of nitrogens with zero attached hydrogens (tertiary/aromatic N) is 1. The van der Waals surface area contributed by atoms with Crippen LogP contribution in [0, 0.1) is 5.82 Å². The lowest BCUT2D eigenvalue weighted by atomic mass is 10.0. The first-order valence-corrected chi connectivity index (χ1v) is 11.6. The van der Waals surface area contributed by atoms with E-state index in [4.69, 9.17) is 8.83 Å². The van der Waals surface area contributed by atoms with Crippen molar-refractivity contribution in [2.45, 2.75) is 19.5 Å². The van der Waals surface area contributed by atoms with Crippen molar-refractivity contribution in [3.05, 3.63) is 114 Å². The van der Waals surface area contributed by atoms with E-state index in [9.17, 15) is 19.2 Å². The number of rotatable bonds is 10. The summed E-state index contributed by atoms with van der Waals surface area (Å²) >= 11 is 0. The highest BCUT2D eigenvalue weighted by atomic mass is 19.1. The third-order valence-electron chi connectivity index (χ3n) is 5.67. The van der Waals surface area contributed by atoms with Gasteiger partial charge in [0.15, 0.2) is 11.5 Å². The monoisotopic (exact) mass is 517 g/mol. The Morgan fingerprint density at radius 1 is 0.895 bits per heavy atom. The standard InChI is InChI=1S/C28H24FN3O6/c1-18(33)19-7-4-8-20(15-19)32(25(34)17-31-27(35)24-12-6-14-38-24)26(22-10-2-3-11-23(22)29)28(36)30-16-21-9-5-13-37-21/h2-15,26H,16-17H2,1H3,(H,30,36)(H,31,35). The second-order valence-corrected chi connectivity index (χ2v) is 8.25. The number of carbonyl (C=O) groups is 4. The SMILES string of the molecule is CC(=O)c1cccc(N(C(=O)CNC(=O)c2ccco2)C(C(=O)NCc2ccco2)c2ccccc2F)c1. The van der Waals surface area contributed by atoms with Crippen LogP contribution in [0.1, 0.15) is 45.2 Å². The van der Waals surface area contributed by atoms with E-state index in [1.807, 2.05) is 0 Å². The quantitative estimate of drug-likeness (QED) is 0.306. The second-order valence-electron chi connectivity index (χ2n) is 8.25. The van der Waals surface area contributed by atoms with Gasteiger partial charge in [-0.05, 0) is 49.4 Å². The molecule has 0 aliphatic rings. The highest BCUT2D eigenvalue weighted by molar-refractivity contribution is 6.05. The van der Waals surface area contributed by atoms with Crippen molar-refractivity contribution in [2.24, 2.45) is 0 Å². The molecule has 38 heavy (non-hydrogen) atoms. The van der Waals surface area contributed by atoms with Gasteiger partial charge in [0.25, 0.3) is 5.91 Å². The topological polar surface area (TPSA) is 122 Å². The number of furan rings is 2. The Hall–Kier alpha value is -4.99. The molecule has 0 spiro atoms. The Morgan fingerprint density at radius 3 is 2.34 bits per heavy atom. The molecule has 1 atom stereocenters. The molecule has 0 saturated heterocycles. The van der Waals surface area contributed by atoms with E-state index >= 15 is 4.39 Å². The fraction of sp³-hybridized carbons (Fsp3) is 0.143. The minimum Gasteiger partial charge on any atom is -0.467 e. The van der Waals surface area contributed by atoms with E-state index in [0.29, 0.717) is 5.76 Å². The maximum Gasteiger partial charge on any atom is 0.287 e. The van der Waals surface area contributed by atoms with E-state index in [2.05, 4.69) is 10.6 Å². The van der Waals surface area contributed by atoms with Crippen molar-refractivity contribution in [2.75, 3.05) is 11.4 Å². The van der Waals surface area contributed by atoms with Crippen LogP contribution in [0.2, 0.25) is 0 Å². The molecular formula is C28H24FN3O6. The summed E-state index contributed by atoms with van der Waals surface area (Å²) in [5, 5.41) is 5.13. The molecular weight excluding hydrogens is 493 g/mol. The van der Waals surface area contributed by atoms with Crippen LogP contribution < -0.4 is 15.5 Å². The van der Waals surface area contributed by atoms with Crippen molar-refractivity contribution >= 4 is 29.2 Å². The average Bonchev–Trinajstić information content (AvgIpc) is 3.64. The number of hydrogen-bond acceptors (Lipinski definition) is 6. The Kier molecular flexibility index (Phi) is 8.12. The van der Waals surface area contributed by atoms with Gasteiger partial charge in [0.1, 0.15) is 17.6 Å². The number of Topliss-reactive ketones (excluding diaryl/α,β-unsaturated/α-hetero) is 1. The van der Waals surface area contributed by atoms with Gasteiger partial charge in [-0.3, -0.25) is 24.1 Å². The van der Waals surface area contributed by atoms with Crippen LogP contribution in [0.15, 0.2) is 94.2 Å².